The Morgan fingerprint density at radius 1 is 1.45 bits per heavy atom. The maximum atomic E-state index is 11.7. The quantitative estimate of drug-likeness (QED) is 0.630. The van der Waals surface area contributed by atoms with Crippen molar-refractivity contribution in [3.05, 3.63) is 16.5 Å². The molecule has 0 bridgehead atoms. The molecule has 0 aliphatic rings. The van der Waals surface area contributed by atoms with E-state index >= 15 is 0 Å². The van der Waals surface area contributed by atoms with Gasteiger partial charge in [0.15, 0.2) is 0 Å². The number of aryl methyl sites for hydroxylation is 1. The molecule has 0 atom stereocenters. The molecule has 1 aromatic rings. The molecular formula is C12H16N2O4S2. The highest BCUT2D eigenvalue weighted by molar-refractivity contribution is 7.99. The summed E-state index contributed by atoms with van der Waals surface area (Å²) in [5.74, 6) is -1.11. The number of amides is 2. The average Bonchev–Trinajstić information content (AvgIpc) is 2.77. The van der Waals surface area contributed by atoms with Crippen LogP contribution in [0.3, 0.4) is 0 Å². The van der Waals surface area contributed by atoms with Crippen LogP contribution in [0.1, 0.15) is 28.6 Å². The van der Waals surface area contributed by atoms with Gasteiger partial charge in [0.25, 0.3) is 0 Å². The molecule has 0 saturated heterocycles. The second kappa shape index (κ2) is 7.91. The zero-order chi connectivity index (χ0) is 15.1. The Bertz CT molecular complexity index is 514. The van der Waals surface area contributed by atoms with Crippen LogP contribution in [0.5, 0.6) is 0 Å². The summed E-state index contributed by atoms with van der Waals surface area (Å²) in [7, 11) is 0. The molecule has 4 N–H and O–H groups in total. The normalized spacial score (nSPS) is 10.2. The van der Waals surface area contributed by atoms with E-state index < -0.39 is 11.9 Å². The van der Waals surface area contributed by atoms with Crippen LogP contribution >= 0.6 is 23.1 Å². The number of nitrogens with two attached hydrogens (primary N) is 1. The minimum atomic E-state index is -1.06. The number of thiophene rings is 1. The summed E-state index contributed by atoms with van der Waals surface area (Å²) in [5, 5.41) is 12.0. The number of thioether (sulfide) groups is 1. The summed E-state index contributed by atoms with van der Waals surface area (Å²) in [6.45, 7) is 1.92. The molecule has 0 fully saturated rings. The zero-order valence-corrected chi connectivity index (χ0v) is 12.6. The Balaban J connectivity index is 2.54. The average molecular weight is 316 g/mol. The molecule has 0 radical (unpaired) electrons. The molecule has 0 aliphatic carbocycles. The highest BCUT2D eigenvalue weighted by Crippen LogP contribution is 2.28. The van der Waals surface area contributed by atoms with E-state index in [2.05, 4.69) is 5.32 Å². The number of anilines is 1. The van der Waals surface area contributed by atoms with Crippen molar-refractivity contribution < 1.29 is 19.5 Å². The van der Waals surface area contributed by atoms with Crippen molar-refractivity contribution in [2.75, 3.05) is 16.8 Å². The van der Waals surface area contributed by atoms with Crippen LogP contribution in [0.2, 0.25) is 0 Å². The maximum absolute atomic E-state index is 11.7. The molecule has 110 valence electrons. The van der Waals surface area contributed by atoms with Gasteiger partial charge in [-0.15, -0.1) is 11.3 Å². The largest absolute Gasteiger partial charge is 0.478 e. The van der Waals surface area contributed by atoms with Crippen molar-refractivity contribution in [3.63, 3.8) is 0 Å². The topological polar surface area (TPSA) is 109 Å². The first kappa shape index (κ1) is 16.5. The monoisotopic (exact) mass is 316 g/mol. The summed E-state index contributed by atoms with van der Waals surface area (Å²) in [5.41, 5.74) is 5.10. The summed E-state index contributed by atoms with van der Waals surface area (Å²) in [6, 6.07) is 1.57. The number of primary amides is 1. The van der Waals surface area contributed by atoms with Gasteiger partial charge in [-0.05, 0) is 12.5 Å². The van der Waals surface area contributed by atoms with Gasteiger partial charge in [0.2, 0.25) is 11.8 Å². The van der Waals surface area contributed by atoms with Gasteiger partial charge in [0.1, 0.15) is 5.00 Å². The van der Waals surface area contributed by atoms with Crippen molar-refractivity contribution in [2.45, 2.75) is 19.8 Å². The van der Waals surface area contributed by atoms with E-state index in [-0.39, 0.29) is 23.6 Å². The number of carbonyl (C=O) groups is 3. The molecule has 0 spiro atoms. The summed E-state index contributed by atoms with van der Waals surface area (Å²) in [6.07, 6.45) is 0.922. The van der Waals surface area contributed by atoms with Crippen LogP contribution in [0, 0.1) is 0 Å². The van der Waals surface area contributed by atoms with Gasteiger partial charge in [-0.25, -0.2) is 4.79 Å². The predicted molar refractivity (Wildman–Crippen MR) is 80.4 cm³/mol. The fraction of sp³-hybridized carbons (Fsp3) is 0.417. The summed E-state index contributed by atoms with van der Waals surface area (Å²) < 4.78 is 0. The van der Waals surface area contributed by atoms with E-state index in [0.717, 1.165) is 11.3 Å². The first-order valence-corrected chi connectivity index (χ1v) is 7.93. The molecule has 0 aliphatic heterocycles. The Hall–Kier alpha value is -1.54. The Morgan fingerprint density at radius 3 is 2.70 bits per heavy atom. The maximum Gasteiger partial charge on any atom is 0.338 e. The number of carboxylic acids is 1. The minimum absolute atomic E-state index is 0.116. The molecule has 8 heteroatoms. The number of rotatable bonds is 8. The molecule has 0 saturated carbocycles. The molecule has 6 nitrogen and oxygen atoms in total. The fourth-order valence-corrected chi connectivity index (χ4v) is 3.07. The molecule has 1 heterocycles. The van der Waals surface area contributed by atoms with E-state index in [4.69, 9.17) is 10.8 Å². The van der Waals surface area contributed by atoms with Gasteiger partial charge in [0.05, 0.1) is 11.3 Å². The van der Waals surface area contributed by atoms with Crippen molar-refractivity contribution in [1.29, 1.82) is 0 Å². The van der Waals surface area contributed by atoms with Crippen molar-refractivity contribution in [3.8, 4) is 0 Å². The Kier molecular flexibility index (Phi) is 6.53. The van der Waals surface area contributed by atoms with Gasteiger partial charge >= 0.3 is 5.97 Å². The number of hydrogen-bond donors (Lipinski definition) is 3. The van der Waals surface area contributed by atoms with Gasteiger partial charge in [-0.2, -0.15) is 11.8 Å². The van der Waals surface area contributed by atoms with E-state index in [1.807, 2.05) is 6.92 Å². The van der Waals surface area contributed by atoms with Crippen LogP contribution < -0.4 is 11.1 Å². The second-order valence-electron chi connectivity index (χ2n) is 3.93. The molecule has 20 heavy (non-hydrogen) atoms. The minimum Gasteiger partial charge on any atom is -0.478 e. The van der Waals surface area contributed by atoms with E-state index in [1.165, 1.54) is 23.1 Å². The first-order chi connectivity index (χ1) is 9.43. The number of carbonyl (C=O) groups excluding carboxylic acids is 2. The first-order valence-electron chi connectivity index (χ1n) is 5.96. The lowest BCUT2D eigenvalue weighted by molar-refractivity contribution is -0.116. The Morgan fingerprint density at radius 2 is 2.15 bits per heavy atom. The van der Waals surface area contributed by atoms with Crippen molar-refractivity contribution >= 4 is 45.9 Å². The van der Waals surface area contributed by atoms with Crippen LogP contribution in [0.4, 0.5) is 5.00 Å². The summed E-state index contributed by atoms with van der Waals surface area (Å²) in [4.78, 5) is 34.2. The smallest absolute Gasteiger partial charge is 0.338 e. The van der Waals surface area contributed by atoms with Crippen LogP contribution in [-0.2, 0) is 16.0 Å². The second-order valence-corrected chi connectivity index (χ2v) is 6.17. The van der Waals surface area contributed by atoms with E-state index in [1.54, 1.807) is 6.07 Å². The van der Waals surface area contributed by atoms with Crippen LogP contribution in [0.15, 0.2) is 6.07 Å². The number of nitrogens with one attached hydrogen (secondary N) is 1. The molecule has 1 rings (SSSR count). The standard InChI is InChI=1S/C12H16N2O4S2/c1-2-7-5-8(12(17)18)11(20-7)14-10(16)3-4-19-6-9(13)15/h5H,2-4,6H2,1H3,(H2,13,15)(H,14,16)(H,17,18). The third-order valence-corrected chi connectivity index (χ3v) is 4.51. The van der Waals surface area contributed by atoms with Gasteiger partial charge in [0, 0.05) is 17.1 Å². The molecule has 2 amide bonds. The third kappa shape index (κ3) is 5.22. The predicted octanol–water partition coefficient (Wildman–Crippen LogP) is 1.56. The molecular weight excluding hydrogens is 300 g/mol. The van der Waals surface area contributed by atoms with Crippen molar-refractivity contribution in [2.24, 2.45) is 5.73 Å². The van der Waals surface area contributed by atoms with Crippen LogP contribution in [-0.4, -0.2) is 34.4 Å². The molecule has 0 aromatic carbocycles. The zero-order valence-electron chi connectivity index (χ0n) is 11.0. The lowest BCUT2D eigenvalue weighted by Gasteiger charge is -2.03. The number of hydrogen-bond acceptors (Lipinski definition) is 5. The summed E-state index contributed by atoms with van der Waals surface area (Å²) >= 11 is 2.54. The van der Waals surface area contributed by atoms with E-state index in [0.29, 0.717) is 10.8 Å². The lowest BCUT2D eigenvalue weighted by Crippen LogP contribution is -2.16. The highest BCUT2D eigenvalue weighted by Gasteiger charge is 2.16. The van der Waals surface area contributed by atoms with Gasteiger partial charge < -0.3 is 16.2 Å². The fourth-order valence-electron chi connectivity index (χ4n) is 1.39. The Labute approximate surface area is 124 Å². The molecule has 1 aromatic heterocycles. The number of carboxylic acid groups (broad SMARTS) is 1. The van der Waals surface area contributed by atoms with Gasteiger partial charge in [-0.3, -0.25) is 9.59 Å². The molecule has 0 unspecified atom stereocenters. The lowest BCUT2D eigenvalue weighted by atomic mass is 10.2. The highest BCUT2D eigenvalue weighted by atomic mass is 32.2. The third-order valence-electron chi connectivity index (χ3n) is 2.33. The van der Waals surface area contributed by atoms with Gasteiger partial charge in [-0.1, -0.05) is 6.92 Å². The van der Waals surface area contributed by atoms with E-state index in [9.17, 15) is 14.4 Å². The van der Waals surface area contributed by atoms with Crippen molar-refractivity contribution in [1.82, 2.24) is 0 Å². The van der Waals surface area contributed by atoms with Crippen LogP contribution in [0.25, 0.3) is 0 Å². The SMILES string of the molecule is CCc1cc(C(=O)O)c(NC(=O)CCSCC(N)=O)s1. The number of aromatic carboxylic acids is 1.